The first kappa shape index (κ1) is 9.58. The van der Waals surface area contributed by atoms with E-state index in [1.165, 1.54) is 12.3 Å². The lowest BCUT2D eigenvalue weighted by atomic mass is 10.2. The third-order valence-electron chi connectivity index (χ3n) is 1.94. The zero-order chi connectivity index (χ0) is 10.7. The average molecular weight is 205 g/mol. The molecule has 3 nitrogen and oxygen atoms in total. The highest BCUT2D eigenvalue weighted by Crippen LogP contribution is 2.21. The van der Waals surface area contributed by atoms with Gasteiger partial charge in [0.2, 0.25) is 5.89 Å². The van der Waals surface area contributed by atoms with Gasteiger partial charge in [-0.25, -0.2) is 9.37 Å². The second-order valence-corrected chi connectivity index (χ2v) is 2.98. The second-order valence-electron chi connectivity index (χ2n) is 2.98. The van der Waals surface area contributed by atoms with E-state index in [-0.39, 0.29) is 12.3 Å². The summed E-state index contributed by atoms with van der Waals surface area (Å²) in [6.45, 7) is 0. The Hall–Kier alpha value is -1.97. The molecule has 2 rings (SSSR count). The number of benzene rings is 1. The first-order valence-electron chi connectivity index (χ1n) is 4.44. The molecule has 0 fully saturated rings. The number of hydrogen-bond acceptors (Lipinski definition) is 3. The first-order chi connectivity index (χ1) is 7.31. The molecule has 0 bridgehead atoms. The third-order valence-corrected chi connectivity index (χ3v) is 1.94. The number of oxazole rings is 1. The van der Waals surface area contributed by atoms with Crippen LogP contribution >= 0.6 is 0 Å². The molecule has 0 spiro atoms. The molecule has 4 heteroatoms. The van der Waals surface area contributed by atoms with Crippen LogP contribution in [0.2, 0.25) is 0 Å². The van der Waals surface area contributed by atoms with Crippen LogP contribution in [-0.4, -0.2) is 11.3 Å². The van der Waals surface area contributed by atoms with Gasteiger partial charge in [0.15, 0.2) is 0 Å². The molecule has 0 aliphatic rings. The normalized spacial score (nSPS) is 10.2. The van der Waals surface area contributed by atoms with E-state index in [0.29, 0.717) is 17.6 Å². The molecule has 0 amide bonds. The van der Waals surface area contributed by atoms with Crippen molar-refractivity contribution in [2.75, 3.05) is 0 Å². The van der Waals surface area contributed by atoms with Gasteiger partial charge >= 0.3 is 0 Å². The second kappa shape index (κ2) is 4.04. The van der Waals surface area contributed by atoms with Crippen molar-refractivity contribution in [1.29, 1.82) is 0 Å². The van der Waals surface area contributed by atoms with Gasteiger partial charge in [0.25, 0.3) is 0 Å². The Labute approximate surface area is 85.6 Å². The van der Waals surface area contributed by atoms with E-state index in [4.69, 9.17) is 4.42 Å². The van der Waals surface area contributed by atoms with E-state index in [0.717, 1.165) is 0 Å². The predicted octanol–water partition coefficient (Wildman–Crippen LogP) is 2.22. The van der Waals surface area contributed by atoms with Crippen LogP contribution in [0.15, 0.2) is 34.9 Å². The third kappa shape index (κ3) is 1.93. The van der Waals surface area contributed by atoms with Gasteiger partial charge in [-0.2, -0.15) is 0 Å². The summed E-state index contributed by atoms with van der Waals surface area (Å²) < 4.78 is 18.5. The maximum Gasteiger partial charge on any atom is 0.229 e. The quantitative estimate of drug-likeness (QED) is 0.721. The summed E-state index contributed by atoms with van der Waals surface area (Å²) in [5.74, 6) is 0.241. The van der Waals surface area contributed by atoms with Gasteiger partial charge in [-0.05, 0) is 12.1 Å². The number of aldehydes is 1. The van der Waals surface area contributed by atoms with Crippen molar-refractivity contribution in [3.63, 3.8) is 0 Å². The highest BCUT2D eigenvalue weighted by molar-refractivity contribution is 5.56. The van der Waals surface area contributed by atoms with Crippen molar-refractivity contribution >= 4 is 6.29 Å². The van der Waals surface area contributed by atoms with Crippen molar-refractivity contribution < 1.29 is 13.6 Å². The van der Waals surface area contributed by atoms with Crippen LogP contribution in [0.4, 0.5) is 4.39 Å². The van der Waals surface area contributed by atoms with Crippen LogP contribution in [0.25, 0.3) is 11.5 Å². The lowest BCUT2D eigenvalue weighted by molar-refractivity contribution is -0.107. The monoisotopic (exact) mass is 205 g/mol. The van der Waals surface area contributed by atoms with Crippen molar-refractivity contribution in [1.82, 2.24) is 4.98 Å². The molecule has 0 N–H and O–H groups in total. The molecule has 0 aliphatic heterocycles. The van der Waals surface area contributed by atoms with Crippen molar-refractivity contribution in [3.8, 4) is 11.5 Å². The topological polar surface area (TPSA) is 43.1 Å². The van der Waals surface area contributed by atoms with Crippen LogP contribution in [0, 0.1) is 5.82 Å². The van der Waals surface area contributed by atoms with Gasteiger partial charge in [0.1, 0.15) is 17.9 Å². The maximum absolute atomic E-state index is 13.3. The smallest absolute Gasteiger partial charge is 0.229 e. The first-order valence-corrected chi connectivity index (χ1v) is 4.44. The minimum atomic E-state index is -0.392. The molecular weight excluding hydrogens is 197 g/mol. The van der Waals surface area contributed by atoms with Gasteiger partial charge in [-0.15, -0.1) is 0 Å². The summed E-state index contributed by atoms with van der Waals surface area (Å²) in [7, 11) is 0. The van der Waals surface area contributed by atoms with Crippen LogP contribution in [0.3, 0.4) is 0 Å². The Morgan fingerprint density at radius 2 is 2.20 bits per heavy atom. The Morgan fingerprint density at radius 3 is 2.93 bits per heavy atom. The van der Waals surface area contributed by atoms with Crippen LogP contribution < -0.4 is 0 Å². The minimum Gasteiger partial charge on any atom is -0.441 e. The van der Waals surface area contributed by atoms with Crippen LogP contribution in [0.1, 0.15) is 5.76 Å². The van der Waals surface area contributed by atoms with E-state index >= 15 is 0 Å². The minimum absolute atomic E-state index is 0.154. The molecule has 0 radical (unpaired) electrons. The van der Waals surface area contributed by atoms with Crippen molar-refractivity contribution in [2.24, 2.45) is 0 Å². The zero-order valence-corrected chi connectivity index (χ0v) is 7.81. The summed E-state index contributed by atoms with van der Waals surface area (Å²) in [6.07, 6.45) is 2.29. The van der Waals surface area contributed by atoms with Gasteiger partial charge in [0, 0.05) is 0 Å². The van der Waals surface area contributed by atoms with E-state index in [2.05, 4.69) is 4.98 Å². The van der Waals surface area contributed by atoms with E-state index in [1.54, 1.807) is 18.2 Å². The standard InChI is InChI=1S/C11H8FNO2/c12-10-4-2-1-3-9(10)11-13-7-8(15-11)5-6-14/h1-4,6-7H,5H2. The Bertz CT molecular complexity index is 479. The Kier molecular flexibility index (Phi) is 2.58. The molecule has 15 heavy (non-hydrogen) atoms. The fourth-order valence-electron chi connectivity index (χ4n) is 1.24. The van der Waals surface area contributed by atoms with Crippen LogP contribution in [0.5, 0.6) is 0 Å². The summed E-state index contributed by atoms with van der Waals surface area (Å²) in [4.78, 5) is 14.1. The molecule has 76 valence electrons. The van der Waals surface area contributed by atoms with E-state index in [9.17, 15) is 9.18 Å². The molecule has 0 unspecified atom stereocenters. The van der Waals surface area contributed by atoms with Crippen molar-refractivity contribution in [2.45, 2.75) is 6.42 Å². The number of halogens is 1. The molecule has 0 atom stereocenters. The number of aromatic nitrogens is 1. The summed E-state index contributed by atoms with van der Waals surface area (Å²) >= 11 is 0. The average Bonchev–Trinajstić information content (AvgIpc) is 2.68. The molecule has 1 aromatic carbocycles. The van der Waals surface area contributed by atoms with Crippen LogP contribution in [-0.2, 0) is 11.2 Å². The molecule has 2 aromatic rings. The fourth-order valence-corrected chi connectivity index (χ4v) is 1.24. The maximum atomic E-state index is 13.3. The van der Waals surface area contributed by atoms with Gasteiger partial charge < -0.3 is 9.21 Å². The summed E-state index contributed by atoms with van der Waals surface area (Å²) in [5, 5.41) is 0. The summed E-state index contributed by atoms with van der Waals surface area (Å²) in [6, 6.07) is 6.20. The SMILES string of the molecule is O=CCc1cnc(-c2ccccc2F)o1. The number of rotatable bonds is 3. The number of nitrogens with zero attached hydrogens (tertiary/aromatic N) is 1. The number of carbonyl (C=O) groups is 1. The Balaban J connectivity index is 2.37. The number of hydrogen-bond donors (Lipinski definition) is 0. The molecule has 1 heterocycles. The molecule has 1 aromatic heterocycles. The van der Waals surface area contributed by atoms with Crippen molar-refractivity contribution in [3.05, 3.63) is 42.0 Å². The van der Waals surface area contributed by atoms with E-state index < -0.39 is 5.82 Å². The Morgan fingerprint density at radius 1 is 1.40 bits per heavy atom. The lowest BCUT2D eigenvalue weighted by Gasteiger charge is -1.96. The lowest BCUT2D eigenvalue weighted by Crippen LogP contribution is -1.82. The predicted molar refractivity (Wildman–Crippen MR) is 51.7 cm³/mol. The zero-order valence-electron chi connectivity index (χ0n) is 7.81. The molecule has 0 saturated carbocycles. The highest BCUT2D eigenvalue weighted by atomic mass is 19.1. The molecule has 0 aliphatic carbocycles. The fraction of sp³-hybridized carbons (Fsp3) is 0.0909. The highest BCUT2D eigenvalue weighted by Gasteiger charge is 2.10. The number of carbonyl (C=O) groups excluding carboxylic acids is 1. The molecule has 0 saturated heterocycles. The van der Waals surface area contributed by atoms with E-state index in [1.807, 2.05) is 0 Å². The molecular formula is C11H8FNO2. The summed E-state index contributed by atoms with van der Waals surface area (Å²) in [5.41, 5.74) is 0.301. The van der Waals surface area contributed by atoms with Gasteiger partial charge in [0.05, 0.1) is 18.2 Å². The largest absolute Gasteiger partial charge is 0.441 e. The van der Waals surface area contributed by atoms with Gasteiger partial charge in [-0.1, -0.05) is 12.1 Å². The van der Waals surface area contributed by atoms with Gasteiger partial charge in [-0.3, -0.25) is 0 Å².